The van der Waals surface area contributed by atoms with E-state index in [1.165, 1.54) is 35.8 Å². The molecule has 3 rings (SSSR count). The molecule has 7 nitrogen and oxygen atoms in total. The molecular weight excluding hydrogens is 350 g/mol. The van der Waals surface area contributed by atoms with Crippen LogP contribution in [0, 0.1) is 13.8 Å². The van der Waals surface area contributed by atoms with Gasteiger partial charge in [0.2, 0.25) is 0 Å². The maximum atomic E-state index is 12.7. The van der Waals surface area contributed by atoms with Crippen molar-refractivity contribution >= 4 is 32.0 Å². The van der Waals surface area contributed by atoms with Crippen LogP contribution in [0.4, 0.5) is 5.69 Å². The van der Waals surface area contributed by atoms with E-state index in [-0.39, 0.29) is 10.6 Å². The summed E-state index contributed by atoms with van der Waals surface area (Å²) in [6.07, 6.45) is 0. The molecule has 0 bridgehead atoms. The third kappa shape index (κ3) is 2.76. The van der Waals surface area contributed by atoms with E-state index in [1.54, 1.807) is 30.5 Å². The summed E-state index contributed by atoms with van der Waals surface area (Å²) in [4.78, 5) is 17.0. The zero-order valence-electron chi connectivity index (χ0n) is 13.2. The van der Waals surface area contributed by atoms with Crippen LogP contribution in [-0.2, 0) is 10.0 Å². The predicted molar refractivity (Wildman–Crippen MR) is 92.6 cm³/mol. The second-order valence-corrected chi connectivity index (χ2v) is 7.62. The molecule has 0 amide bonds. The number of benzene rings is 1. The highest BCUT2D eigenvalue weighted by molar-refractivity contribution is 7.92. The van der Waals surface area contributed by atoms with Gasteiger partial charge in [0.15, 0.2) is 9.86 Å². The van der Waals surface area contributed by atoms with Crippen LogP contribution in [0.15, 0.2) is 39.3 Å². The lowest BCUT2D eigenvalue weighted by Crippen LogP contribution is -2.28. The molecule has 0 aliphatic rings. The Hall–Kier alpha value is -2.39. The minimum atomic E-state index is -4.08. The van der Waals surface area contributed by atoms with Gasteiger partial charge in [-0.3, -0.25) is 13.9 Å². The molecule has 1 N–H and O–H groups in total. The second-order valence-electron chi connectivity index (χ2n) is 5.16. The van der Waals surface area contributed by atoms with Gasteiger partial charge in [0, 0.05) is 17.1 Å². The summed E-state index contributed by atoms with van der Waals surface area (Å²) in [5.41, 5.74) is 0.509. The minimum Gasteiger partial charge on any atom is -0.497 e. The molecule has 9 heteroatoms. The van der Waals surface area contributed by atoms with Crippen LogP contribution >= 0.6 is 11.3 Å². The van der Waals surface area contributed by atoms with Crippen LogP contribution in [0.3, 0.4) is 0 Å². The van der Waals surface area contributed by atoms with E-state index in [1.807, 2.05) is 0 Å². The number of nitrogens with zero attached hydrogens (tertiary/aromatic N) is 2. The number of ether oxygens (including phenoxy) is 1. The smallest absolute Gasteiger partial charge is 0.279 e. The van der Waals surface area contributed by atoms with Gasteiger partial charge >= 0.3 is 0 Å². The quantitative estimate of drug-likeness (QED) is 0.765. The van der Waals surface area contributed by atoms with E-state index < -0.39 is 15.6 Å². The average Bonchev–Trinajstić information content (AvgIpc) is 2.87. The van der Waals surface area contributed by atoms with Crippen molar-refractivity contribution in [3.05, 3.63) is 51.4 Å². The number of sulfonamides is 1. The summed E-state index contributed by atoms with van der Waals surface area (Å²) >= 11 is 1.29. The Bertz CT molecular complexity index is 1080. The van der Waals surface area contributed by atoms with Crippen LogP contribution in [0.2, 0.25) is 0 Å². The third-order valence-corrected chi connectivity index (χ3v) is 5.91. The SMILES string of the molecule is COc1cccc(NS(=O)(=O)c2c(C)nc3scc(C)n3c2=O)c1. The third-order valence-electron chi connectivity index (χ3n) is 3.46. The summed E-state index contributed by atoms with van der Waals surface area (Å²) in [5.74, 6) is 0.505. The standard InChI is InChI=1S/C15H15N3O4S2/c1-9-8-23-15-16-10(2)13(14(19)18(9)15)24(20,21)17-11-5-4-6-12(7-11)22-3/h4-8,17H,1-3H3. The number of nitrogens with one attached hydrogen (secondary N) is 1. The van der Waals surface area contributed by atoms with Crippen LogP contribution in [0.1, 0.15) is 11.4 Å². The molecule has 0 atom stereocenters. The molecule has 0 radical (unpaired) electrons. The van der Waals surface area contributed by atoms with Crippen molar-refractivity contribution in [1.29, 1.82) is 0 Å². The molecule has 0 aliphatic carbocycles. The maximum absolute atomic E-state index is 12.7. The van der Waals surface area contributed by atoms with E-state index in [4.69, 9.17) is 4.74 Å². The van der Waals surface area contributed by atoms with Gasteiger partial charge in [0.05, 0.1) is 18.5 Å². The van der Waals surface area contributed by atoms with Crippen LogP contribution in [0.25, 0.3) is 4.96 Å². The van der Waals surface area contributed by atoms with Gasteiger partial charge in [-0.15, -0.1) is 11.3 Å². The van der Waals surface area contributed by atoms with Crippen molar-refractivity contribution in [2.45, 2.75) is 18.7 Å². The maximum Gasteiger partial charge on any atom is 0.279 e. The summed E-state index contributed by atoms with van der Waals surface area (Å²) in [6, 6.07) is 6.46. The monoisotopic (exact) mass is 365 g/mol. The van der Waals surface area contributed by atoms with Gasteiger partial charge in [-0.2, -0.15) is 0 Å². The Morgan fingerprint density at radius 2 is 2.04 bits per heavy atom. The topological polar surface area (TPSA) is 89.8 Å². The highest BCUT2D eigenvalue weighted by atomic mass is 32.2. The van der Waals surface area contributed by atoms with Crippen molar-refractivity contribution in [3.63, 3.8) is 0 Å². The number of methoxy groups -OCH3 is 1. The molecule has 0 fully saturated rings. The molecule has 3 aromatic rings. The number of thiazole rings is 1. The number of anilines is 1. The Balaban J connectivity index is 2.14. The van der Waals surface area contributed by atoms with Crippen molar-refractivity contribution in [2.24, 2.45) is 0 Å². The average molecular weight is 365 g/mol. The van der Waals surface area contributed by atoms with Crippen LogP contribution < -0.4 is 15.0 Å². The van der Waals surface area contributed by atoms with Crippen molar-refractivity contribution in [2.75, 3.05) is 11.8 Å². The van der Waals surface area contributed by atoms with Crippen LogP contribution in [0.5, 0.6) is 5.75 Å². The molecule has 0 saturated heterocycles. The number of hydrogen-bond donors (Lipinski definition) is 1. The Morgan fingerprint density at radius 1 is 1.29 bits per heavy atom. The summed E-state index contributed by atoms with van der Waals surface area (Å²) < 4.78 is 34.2. The van der Waals surface area contributed by atoms with Crippen molar-refractivity contribution < 1.29 is 13.2 Å². The molecule has 0 spiro atoms. The molecule has 24 heavy (non-hydrogen) atoms. The molecule has 2 aromatic heterocycles. The number of fused-ring (bicyclic) bond motifs is 1. The van der Waals surface area contributed by atoms with E-state index in [2.05, 4.69) is 9.71 Å². The van der Waals surface area contributed by atoms with Gasteiger partial charge in [-0.05, 0) is 26.0 Å². The fourth-order valence-electron chi connectivity index (χ4n) is 2.37. The van der Waals surface area contributed by atoms with E-state index in [9.17, 15) is 13.2 Å². The van der Waals surface area contributed by atoms with Gasteiger partial charge in [0.1, 0.15) is 5.75 Å². The summed E-state index contributed by atoms with van der Waals surface area (Å²) in [7, 11) is -2.60. The fraction of sp³-hybridized carbons (Fsp3) is 0.200. The molecule has 1 aromatic carbocycles. The molecule has 2 heterocycles. The zero-order valence-corrected chi connectivity index (χ0v) is 14.9. The van der Waals surface area contributed by atoms with E-state index >= 15 is 0 Å². The largest absolute Gasteiger partial charge is 0.497 e. The van der Waals surface area contributed by atoms with Crippen molar-refractivity contribution in [1.82, 2.24) is 9.38 Å². The predicted octanol–water partition coefficient (Wildman–Crippen LogP) is 2.18. The molecule has 0 unspecified atom stereocenters. The van der Waals surface area contributed by atoms with Gasteiger partial charge in [-0.1, -0.05) is 6.07 Å². The normalized spacial score (nSPS) is 11.6. The van der Waals surface area contributed by atoms with Crippen LogP contribution in [-0.4, -0.2) is 24.9 Å². The highest BCUT2D eigenvalue weighted by Crippen LogP contribution is 2.21. The molecule has 126 valence electrons. The molecular formula is C15H15N3O4S2. The van der Waals surface area contributed by atoms with Gasteiger partial charge in [-0.25, -0.2) is 13.4 Å². The zero-order chi connectivity index (χ0) is 17.5. The van der Waals surface area contributed by atoms with Gasteiger partial charge in [0.25, 0.3) is 15.6 Å². The Morgan fingerprint density at radius 3 is 2.75 bits per heavy atom. The number of aromatic nitrogens is 2. The first-order valence-electron chi connectivity index (χ1n) is 6.98. The van der Waals surface area contributed by atoms with Crippen molar-refractivity contribution in [3.8, 4) is 5.75 Å². The van der Waals surface area contributed by atoms with E-state index in [0.29, 0.717) is 22.1 Å². The first kappa shape index (κ1) is 16.5. The first-order valence-corrected chi connectivity index (χ1v) is 9.34. The summed E-state index contributed by atoms with van der Waals surface area (Å²) in [6.45, 7) is 3.24. The van der Waals surface area contributed by atoms with Gasteiger partial charge < -0.3 is 4.74 Å². The number of rotatable bonds is 4. The number of hydrogen-bond acceptors (Lipinski definition) is 6. The first-order chi connectivity index (χ1) is 11.3. The molecule has 0 aliphatic heterocycles. The lowest BCUT2D eigenvalue weighted by atomic mass is 10.3. The lowest BCUT2D eigenvalue weighted by Gasteiger charge is -2.11. The Kier molecular flexibility index (Phi) is 4.06. The Labute approximate surface area is 142 Å². The highest BCUT2D eigenvalue weighted by Gasteiger charge is 2.25. The lowest BCUT2D eigenvalue weighted by molar-refractivity contribution is 0.415. The molecule has 0 saturated carbocycles. The fourth-order valence-corrected chi connectivity index (χ4v) is 4.57. The second kappa shape index (κ2) is 5.91. The minimum absolute atomic E-state index is 0.164. The summed E-state index contributed by atoms with van der Waals surface area (Å²) in [5, 5.41) is 1.76. The number of aryl methyl sites for hydroxylation is 2. The van der Waals surface area contributed by atoms with E-state index in [0.717, 1.165) is 0 Å².